The minimum atomic E-state index is 0.623. The molecule has 0 saturated heterocycles. The minimum Gasteiger partial charge on any atom is -0.0769 e. The van der Waals surface area contributed by atoms with E-state index in [1.807, 2.05) is 13.8 Å². The van der Waals surface area contributed by atoms with E-state index >= 15 is 0 Å². The molecule has 5 aliphatic rings. The van der Waals surface area contributed by atoms with Crippen LogP contribution in [0.5, 0.6) is 0 Å². The summed E-state index contributed by atoms with van der Waals surface area (Å²) in [6.07, 6.45) is 20.2. The summed E-state index contributed by atoms with van der Waals surface area (Å²) in [5, 5.41) is 0. The highest BCUT2D eigenvalue weighted by Gasteiger charge is 2.49. The number of hydrogen-bond donors (Lipinski definition) is 0. The van der Waals surface area contributed by atoms with Crippen molar-refractivity contribution in [1.82, 2.24) is 0 Å². The third kappa shape index (κ3) is 1.46. The Bertz CT molecular complexity index is 604. The van der Waals surface area contributed by atoms with Crippen molar-refractivity contribution in [3.05, 3.63) is 70.9 Å². The van der Waals surface area contributed by atoms with Gasteiger partial charge in [0.05, 0.1) is 0 Å². The summed E-state index contributed by atoms with van der Waals surface area (Å²) in [4.78, 5) is 0. The molecule has 1 fully saturated rings. The number of rotatable bonds is 0. The van der Waals surface area contributed by atoms with Crippen molar-refractivity contribution in [2.24, 2.45) is 23.7 Å². The van der Waals surface area contributed by atoms with E-state index in [-0.39, 0.29) is 0 Å². The summed E-state index contributed by atoms with van der Waals surface area (Å²) in [5.41, 5.74) is 6.31. The van der Waals surface area contributed by atoms with Gasteiger partial charge in [0, 0.05) is 11.8 Å². The van der Waals surface area contributed by atoms with Gasteiger partial charge < -0.3 is 0 Å². The van der Waals surface area contributed by atoms with E-state index in [0.717, 1.165) is 11.8 Å². The second-order valence-electron chi connectivity index (χ2n) is 5.82. The Labute approximate surface area is 115 Å². The summed E-state index contributed by atoms with van der Waals surface area (Å²) in [7, 11) is 0. The van der Waals surface area contributed by atoms with Crippen LogP contribution in [0.1, 0.15) is 20.3 Å². The van der Waals surface area contributed by atoms with Crippen molar-refractivity contribution in [3.63, 3.8) is 0 Å². The first kappa shape index (κ1) is 11.3. The molecule has 5 aliphatic carbocycles. The van der Waals surface area contributed by atoms with Crippen LogP contribution in [0.3, 0.4) is 0 Å². The molecule has 19 heavy (non-hydrogen) atoms. The molecule has 1 saturated carbocycles. The Kier molecular flexibility index (Phi) is 2.35. The Morgan fingerprint density at radius 1 is 0.842 bits per heavy atom. The molecule has 0 aromatic heterocycles. The van der Waals surface area contributed by atoms with Gasteiger partial charge in [-0.05, 0) is 35.0 Å². The molecule has 0 heteroatoms. The molecule has 5 rings (SSSR count). The lowest BCUT2D eigenvalue weighted by molar-refractivity contribution is 0.513. The molecule has 4 atom stereocenters. The SMILES string of the molecule is C1=CC2=CC=C3C4CC4C=C4C=CC(=C1)C2C43.CC. The Morgan fingerprint density at radius 3 is 2.53 bits per heavy atom. The van der Waals surface area contributed by atoms with Gasteiger partial charge in [0.2, 0.25) is 0 Å². The lowest BCUT2D eigenvalue weighted by Gasteiger charge is -2.40. The zero-order valence-corrected chi connectivity index (χ0v) is 11.6. The van der Waals surface area contributed by atoms with Crippen LogP contribution in [0.25, 0.3) is 0 Å². The maximum atomic E-state index is 2.54. The van der Waals surface area contributed by atoms with Gasteiger partial charge in [0.1, 0.15) is 0 Å². The van der Waals surface area contributed by atoms with Crippen LogP contribution in [-0.4, -0.2) is 0 Å². The fraction of sp³-hybridized carbons (Fsp3) is 0.368. The average molecular weight is 248 g/mol. The number of allylic oxidation sites excluding steroid dienone is 12. The van der Waals surface area contributed by atoms with Crippen LogP contribution in [0.2, 0.25) is 0 Å². The van der Waals surface area contributed by atoms with E-state index in [0.29, 0.717) is 11.8 Å². The second kappa shape index (κ2) is 3.96. The van der Waals surface area contributed by atoms with Crippen LogP contribution in [0.15, 0.2) is 70.9 Å². The molecule has 0 aromatic carbocycles. The fourth-order valence-corrected chi connectivity index (χ4v) is 4.09. The molecule has 96 valence electrons. The maximum Gasteiger partial charge on any atom is 0.0196 e. The highest BCUT2D eigenvalue weighted by Crippen LogP contribution is 2.59. The van der Waals surface area contributed by atoms with E-state index < -0.39 is 0 Å². The number of hydrogen-bond acceptors (Lipinski definition) is 0. The molecule has 0 N–H and O–H groups in total. The van der Waals surface area contributed by atoms with Crippen LogP contribution in [-0.2, 0) is 0 Å². The van der Waals surface area contributed by atoms with E-state index in [2.05, 4.69) is 48.6 Å². The van der Waals surface area contributed by atoms with Gasteiger partial charge in [-0.3, -0.25) is 0 Å². The minimum absolute atomic E-state index is 0.623. The standard InChI is InChI=1S/C17H14.C2H6/c1-2-10-4-5-12-8-13-9-15(13)14-7-6-11(3-1)16(10)17(12)14;1-2/h1-8,13,15-17H,9H2;1-2H3. The lowest BCUT2D eigenvalue weighted by Crippen LogP contribution is -2.30. The molecular formula is C19H20. The smallest absolute Gasteiger partial charge is 0.0196 e. The van der Waals surface area contributed by atoms with Gasteiger partial charge in [-0.1, -0.05) is 68.0 Å². The summed E-state index contributed by atoms with van der Waals surface area (Å²) in [6.45, 7) is 4.00. The first-order valence-electron chi connectivity index (χ1n) is 7.61. The van der Waals surface area contributed by atoms with Gasteiger partial charge in [-0.2, -0.15) is 0 Å². The van der Waals surface area contributed by atoms with Crippen molar-refractivity contribution < 1.29 is 0 Å². The van der Waals surface area contributed by atoms with E-state index in [1.165, 1.54) is 17.6 Å². The molecule has 0 aliphatic heterocycles. The Balaban J connectivity index is 0.000000465. The quantitative estimate of drug-likeness (QED) is 0.580. The molecular weight excluding hydrogens is 228 g/mol. The van der Waals surface area contributed by atoms with Gasteiger partial charge in [-0.15, -0.1) is 0 Å². The molecule has 0 heterocycles. The molecule has 0 spiro atoms. The van der Waals surface area contributed by atoms with Crippen LogP contribution >= 0.6 is 0 Å². The van der Waals surface area contributed by atoms with E-state index in [1.54, 1.807) is 11.1 Å². The highest BCUT2D eigenvalue weighted by atomic mass is 14.5. The third-order valence-corrected chi connectivity index (χ3v) is 4.96. The fourth-order valence-electron chi connectivity index (χ4n) is 4.09. The van der Waals surface area contributed by atoms with E-state index in [9.17, 15) is 0 Å². The molecule has 4 unspecified atom stereocenters. The van der Waals surface area contributed by atoms with E-state index in [4.69, 9.17) is 0 Å². The first-order valence-corrected chi connectivity index (χ1v) is 7.61. The zero-order chi connectivity index (χ0) is 13.0. The maximum absolute atomic E-state index is 2.54. The summed E-state index contributed by atoms with van der Waals surface area (Å²) >= 11 is 0. The van der Waals surface area contributed by atoms with Crippen molar-refractivity contribution in [1.29, 1.82) is 0 Å². The van der Waals surface area contributed by atoms with Gasteiger partial charge in [-0.25, -0.2) is 0 Å². The first-order chi connectivity index (χ1) is 9.42. The normalized spacial score (nSPS) is 38.6. The highest BCUT2D eigenvalue weighted by molar-refractivity contribution is 5.58. The van der Waals surface area contributed by atoms with Crippen LogP contribution in [0, 0.1) is 23.7 Å². The lowest BCUT2D eigenvalue weighted by atomic mass is 9.63. The molecule has 0 aromatic rings. The zero-order valence-electron chi connectivity index (χ0n) is 11.6. The summed E-state index contributed by atoms with van der Waals surface area (Å²) < 4.78 is 0. The van der Waals surface area contributed by atoms with Crippen LogP contribution in [0.4, 0.5) is 0 Å². The van der Waals surface area contributed by atoms with Crippen molar-refractivity contribution >= 4 is 0 Å². The van der Waals surface area contributed by atoms with Gasteiger partial charge in [0.15, 0.2) is 0 Å². The van der Waals surface area contributed by atoms with Gasteiger partial charge in [0.25, 0.3) is 0 Å². The molecule has 0 nitrogen and oxygen atoms in total. The molecule has 0 bridgehead atoms. The Hall–Kier alpha value is -1.56. The van der Waals surface area contributed by atoms with Crippen molar-refractivity contribution in [2.75, 3.05) is 0 Å². The monoisotopic (exact) mass is 248 g/mol. The third-order valence-electron chi connectivity index (χ3n) is 4.96. The predicted octanol–water partition coefficient (Wildman–Crippen LogP) is 4.75. The number of fused-ring (bicyclic) bond motifs is 2. The predicted molar refractivity (Wildman–Crippen MR) is 80.5 cm³/mol. The second-order valence-corrected chi connectivity index (χ2v) is 5.82. The summed E-state index contributed by atoms with van der Waals surface area (Å²) in [5.74, 6) is 3.02. The average Bonchev–Trinajstić information content (AvgIpc) is 3.25. The topological polar surface area (TPSA) is 0 Å². The van der Waals surface area contributed by atoms with Gasteiger partial charge >= 0.3 is 0 Å². The molecule has 0 amide bonds. The molecule has 0 radical (unpaired) electrons. The van der Waals surface area contributed by atoms with Crippen molar-refractivity contribution in [2.45, 2.75) is 20.3 Å². The Morgan fingerprint density at radius 2 is 1.63 bits per heavy atom. The van der Waals surface area contributed by atoms with Crippen LogP contribution < -0.4 is 0 Å². The van der Waals surface area contributed by atoms with Crippen molar-refractivity contribution in [3.8, 4) is 0 Å². The largest absolute Gasteiger partial charge is 0.0769 e. The summed E-state index contributed by atoms with van der Waals surface area (Å²) in [6, 6.07) is 0.